The van der Waals surface area contributed by atoms with Crippen LogP contribution in [0.2, 0.25) is 5.02 Å². The molecule has 0 saturated carbocycles. The average Bonchev–Trinajstić information content (AvgIpc) is 3.08. The lowest BCUT2D eigenvalue weighted by atomic mass is 10.1. The minimum absolute atomic E-state index is 0.463. The van der Waals surface area contributed by atoms with Gasteiger partial charge in [0.15, 0.2) is 0 Å². The van der Waals surface area contributed by atoms with E-state index in [1.54, 1.807) is 6.20 Å². The van der Waals surface area contributed by atoms with Crippen molar-refractivity contribution in [2.45, 2.75) is 19.3 Å². The Morgan fingerprint density at radius 1 is 0.958 bits per heavy atom. The van der Waals surface area contributed by atoms with Crippen molar-refractivity contribution in [1.29, 1.82) is 0 Å². The van der Waals surface area contributed by atoms with E-state index >= 15 is 0 Å². The van der Waals surface area contributed by atoms with Crippen LogP contribution >= 0.6 is 11.6 Å². The number of hydrogen-bond donors (Lipinski definition) is 0. The fourth-order valence-electron chi connectivity index (χ4n) is 3.18. The van der Waals surface area contributed by atoms with Crippen LogP contribution in [0.5, 0.6) is 11.5 Å². The molecule has 0 fully saturated rings. The smallest absolute Gasteiger partial charge is 0.145 e. The van der Waals surface area contributed by atoms with Crippen LogP contribution in [-0.4, -0.2) is 18.2 Å². The molecule has 0 bridgehead atoms. The Bertz CT molecular complexity index is 879. The second-order valence-corrected chi connectivity index (χ2v) is 6.33. The third-order valence-corrected chi connectivity index (χ3v) is 4.69. The van der Waals surface area contributed by atoms with Gasteiger partial charge < -0.3 is 9.47 Å². The Hall–Kier alpha value is -2.26. The number of nitrogens with zero attached hydrogens (tertiary/aromatic N) is 1. The van der Waals surface area contributed by atoms with Crippen LogP contribution in [-0.2, 0) is 12.8 Å². The predicted molar refractivity (Wildman–Crippen MR) is 96.2 cm³/mol. The quantitative estimate of drug-likeness (QED) is 0.623. The summed E-state index contributed by atoms with van der Waals surface area (Å²) in [5.74, 6) is 1.64. The van der Waals surface area contributed by atoms with Gasteiger partial charge in [0.2, 0.25) is 0 Å². The molecule has 4 rings (SSSR count). The lowest BCUT2D eigenvalue weighted by molar-refractivity contribution is 0.218. The molecule has 0 unspecified atom stereocenters. The zero-order valence-electron chi connectivity index (χ0n) is 13.3. The first-order chi connectivity index (χ1) is 11.8. The third-order valence-electron chi connectivity index (χ3n) is 4.36. The molecule has 1 heterocycles. The molecule has 24 heavy (non-hydrogen) atoms. The molecular weight excluding hydrogens is 322 g/mol. The van der Waals surface area contributed by atoms with Crippen molar-refractivity contribution < 1.29 is 9.47 Å². The predicted octanol–water partition coefficient (Wildman–Crippen LogP) is 4.83. The molecule has 2 aromatic carbocycles. The molecule has 0 N–H and O–H groups in total. The summed E-state index contributed by atoms with van der Waals surface area (Å²) in [5.41, 5.74) is 3.65. The first kappa shape index (κ1) is 15.3. The van der Waals surface area contributed by atoms with E-state index in [1.165, 1.54) is 24.0 Å². The van der Waals surface area contributed by atoms with E-state index in [9.17, 15) is 0 Å². The number of ether oxygens (including phenoxy) is 2. The molecule has 0 saturated heterocycles. The number of benzene rings is 2. The minimum atomic E-state index is 0.463. The van der Waals surface area contributed by atoms with Gasteiger partial charge in [0, 0.05) is 11.6 Å². The maximum absolute atomic E-state index is 6.20. The van der Waals surface area contributed by atoms with Gasteiger partial charge in [-0.1, -0.05) is 17.7 Å². The summed E-state index contributed by atoms with van der Waals surface area (Å²) in [6.07, 6.45) is 5.34. The normalized spacial score (nSPS) is 13.0. The van der Waals surface area contributed by atoms with Gasteiger partial charge in [-0.2, -0.15) is 0 Å². The van der Waals surface area contributed by atoms with Crippen molar-refractivity contribution in [3.63, 3.8) is 0 Å². The Morgan fingerprint density at radius 3 is 2.79 bits per heavy atom. The molecule has 4 heteroatoms. The maximum Gasteiger partial charge on any atom is 0.145 e. The van der Waals surface area contributed by atoms with Crippen LogP contribution < -0.4 is 9.47 Å². The maximum atomic E-state index is 6.20. The zero-order valence-corrected chi connectivity index (χ0v) is 14.1. The summed E-state index contributed by atoms with van der Waals surface area (Å²) in [6.45, 7) is 0.958. The molecule has 0 amide bonds. The third kappa shape index (κ3) is 3.04. The molecule has 1 aliphatic rings. The van der Waals surface area contributed by atoms with Crippen molar-refractivity contribution >= 4 is 22.5 Å². The van der Waals surface area contributed by atoms with Crippen LogP contribution in [0.15, 0.2) is 48.7 Å². The first-order valence-corrected chi connectivity index (χ1v) is 8.60. The van der Waals surface area contributed by atoms with E-state index in [-0.39, 0.29) is 0 Å². The van der Waals surface area contributed by atoms with E-state index in [2.05, 4.69) is 17.1 Å². The molecule has 0 spiro atoms. The van der Waals surface area contributed by atoms with Crippen LogP contribution in [0.1, 0.15) is 17.5 Å². The van der Waals surface area contributed by atoms with Gasteiger partial charge in [-0.25, -0.2) is 0 Å². The second-order valence-electron chi connectivity index (χ2n) is 5.93. The van der Waals surface area contributed by atoms with Gasteiger partial charge in [0.25, 0.3) is 0 Å². The van der Waals surface area contributed by atoms with Gasteiger partial charge >= 0.3 is 0 Å². The van der Waals surface area contributed by atoms with E-state index in [1.807, 2.05) is 30.3 Å². The van der Waals surface area contributed by atoms with Crippen LogP contribution in [0.25, 0.3) is 10.9 Å². The highest BCUT2D eigenvalue weighted by molar-refractivity contribution is 6.35. The van der Waals surface area contributed by atoms with Crippen molar-refractivity contribution in [2.75, 3.05) is 13.2 Å². The summed E-state index contributed by atoms with van der Waals surface area (Å²) < 4.78 is 11.7. The fourth-order valence-corrected chi connectivity index (χ4v) is 3.39. The van der Waals surface area contributed by atoms with Crippen molar-refractivity contribution in [3.05, 3.63) is 64.8 Å². The monoisotopic (exact) mass is 339 g/mol. The summed E-state index contributed by atoms with van der Waals surface area (Å²) in [7, 11) is 0. The molecule has 1 aliphatic carbocycles. The van der Waals surface area contributed by atoms with Gasteiger partial charge in [-0.05, 0) is 66.8 Å². The van der Waals surface area contributed by atoms with Crippen LogP contribution in [0.3, 0.4) is 0 Å². The van der Waals surface area contributed by atoms with Gasteiger partial charge in [-0.15, -0.1) is 0 Å². The number of aromatic nitrogens is 1. The first-order valence-electron chi connectivity index (χ1n) is 8.22. The van der Waals surface area contributed by atoms with Crippen molar-refractivity contribution in [3.8, 4) is 11.5 Å². The number of hydrogen-bond acceptors (Lipinski definition) is 3. The Kier molecular flexibility index (Phi) is 4.26. The molecule has 0 aliphatic heterocycles. The van der Waals surface area contributed by atoms with Gasteiger partial charge in [0.1, 0.15) is 30.2 Å². The lowest BCUT2D eigenvalue weighted by Gasteiger charge is -2.11. The molecule has 3 aromatic rings. The van der Waals surface area contributed by atoms with E-state index < -0.39 is 0 Å². The minimum Gasteiger partial charge on any atom is -0.490 e. The van der Waals surface area contributed by atoms with Crippen LogP contribution in [0.4, 0.5) is 0 Å². The second kappa shape index (κ2) is 6.70. The lowest BCUT2D eigenvalue weighted by Crippen LogP contribution is -2.09. The Balaban J connectivity index is 1.39. The SMILES string of the molecule is Clc1ccc(OCCOc2ccc3c(c2)CCC3)c2ncccc12. The number of rotatable bonds is 5. The van der Waals surface area contributed by atoms with Gasteiger partial charge in [0.05, 0.1) is 5.02 Å². The standard InChI is InChI=1S/C20H18ClNO2/c21-18-8-9-19(20-17(18)5-2-10-22-20)24-12-11-23-16-7-6-14-3-1-4-15(14)13-16/h2,5-10,13H,1,3-4,11-12H2. The number of halogens is 1. The summed E-state index contributed by atoms with van der Waals surface area (Å²) in [6, 6.07) is 13.9. The molecule has 0 atom stereocenters. The van der Waals surface area contributed by atoms with Crippen molar-refractivity contribution in [1.82, 2.24) is 4.98 Å². The molecule has 0 radical (unpaired) electrons. The molecule has 3 nitrogen and oxygen atoms in total. The summed E-state index contributed by atoms with van der Waals surface area (Å²) in [4.78, 5) is 4.37. The molecule has 1 aromatic heterocycles. The van der Waals surface area contributed by atoms with E-state index in [0.29, 0.717) is 18.2 Å². The number of fused-ring (bicyclic) bond motifs is 2. The summed E-state index contributed by atoms with van der Waals surface area (Å²) >= 11 is 6.20. The Morgan fingerprint density at radius 2 is 1.83 bits per heavy atom. The highest BCUT2D eigenvalue weighted by Gasteiger charge is 2.11. The fraction of sp³-hybridized carbons (Fsp3) is 0.250. The zero-order chi connectivity index (χ0) is 16.4. The number of aryl methyl sites for hydroxylation is 2. The summed E-state index contributed by atoms with van der Waals surface area (Å²) in [5, 5.41) is 1.58. The van der Waals surface area contributed by atoms with Crippen LogP contribution in [0, 0.1) is 0 Å². The Labute approximate surface area is 146 Å². The van der Waals surface area contributed by atoms with E-state index in [4.69, 9.17) is 21.1 Å². The largest absolute Gasteiger partial charge is 0.490 e. The number of pyridine rings is 1. The van der Waals surface area contributed by atoms with Crippen molar-refractivity contribution in [2.24, 2.45) is 0 Å². The topological polar surface area (TPSA) is 31.4 Å². The molecule has 122 valence electrons. The highest BCUT2D eigenvalue weighted by atomic mass is 35.5. The molecular formula is C20H18ClNO2. The van der Waals surface area contributed by atoms with Gasteiger partial charge in [-0.3, -0.25) is 4.98 Å². The highest BCUT2D eigenvalue weighted by Crippen LogP contribution is 2.29. The average molecular weight is 340 g/mol. The van der Waals surface area contributed by atoms with E-state index in [0.717, 1.165) is 28.8 Å².